The third-order valence-electron chi connectivity index (χ3n) is 5.67. The average Bonchev–Trinajstić information content (AvgIpc) is 3.46. The van der Waals surface area contributed by atoms with Crippen molar-refractivity contribution in [3.63, 3.8) is 0 Å². The van der Waals surface area contributed by atoms with Crippen LogP contribution in [-0.2, 0) is 4.79 Å². The first-order valence-corrected chi connectivity index (χ1v) is 10.2. The molecule has 29 heavy (non-hydrogen) atoms. The van der Waals surface area contributed by atoms with Crippen LogP contribution >= 0.6 is 0 Å². The van der Waals surface area contributed by atoms with E-state index in [-0.39, 0.29) is 23.6 Å². The maximum Gasteiger partial charge on any atom is 0.270 e. The molecule has 7 heteroatoms. The molecule has 1 aromatic heterocycles. The number of para-hydroxylation sites is 1. The number of nitrogens with one attached hydrogen (secondary N) is 2. The molecular weight excluding hydrogens is 368 g/mol. The molecule has 2 aliphatic rings. The highest BCUT2D eigenvalue weighted by molar-refractivity contribution is 6.00. The van der Waals surface area contributed by atoms with Gasteiger partial charge in [-0.3, -0.25) is 14.4 Å². The number of likely N-dealkylation sites (tertiary alicyclic amines) is 2. The van der Waals surface area contributed by atoms with Gasteiger partial charge in [-0.15, -0.1) is 0 Å². The maximum absolute atomic E-state index is 12.9. The molecule has 2 N–H and O–H groups in total. The summed E-state index contributed by atoms with van der Waals surface area (Å²) in [5, 5.41) is 2.93. The van der Waals surface area contributed by atoms with Crippen molar-refractivity contribution in [1.82, 2.24) is 14.8 Å². The van der Waals surface area contributed by atoms with E-state index in [4.69, 9.17) is 0 Å². The first kappa shape index (κ1) is 19.2. The number of hydrogen-bond donors (Lipinski definition) is 2. The highest BCUT2D eigenvalue weighted by atomic mass is 16.2. The molecule has 0 bridgehead atoms. The van der Waals surface area contributed by atoms with Crippen LogP contribution in [0.2, 0.25) is 0 Å². The van der Waals surface area contributed by atoms with Crippen molar-refractivity contribution in [2.45, 2.75) is 25.7 Å². The van der Waals surface area contributed by atoms with E-state index >= 15 is 0 Å². The normalized spacial score (nSPS) is 19.2. The van der Waals surface area contributed by atoms with Gasteiger partial charge in [-0.1, -0.05) is 18.2 Å². The van der Waals surface area contributed by atoms with Crippen LogP contribution in [0.25, 0.3) is 0 Å². The van der Waals surface area contributed by atoms with E-state index in [2.05, 4.69) is 10.3 Å². The fourth-order valence-corrected chi connectivity index (χ4v) is 4.06. The van der Waals surface area contributed by atoms with Gasteiger partial charge >= 0.3 is 0 Å². The quantitative estimate of drug-likeness (QED) is 0.836. The number of aromatic nitrogens is 1. The van der Waals surface area contributed by atoms with E-state index in [1.165, 1.54) is 0 Å². The van der Waals surface area contributed by atoms with Crippen molar-refractivity contribution in [3.05, 3.63) is 53.9 Å². The molecular formula is C22H26N4O3. The van der Waals surface area contributed by atoms with Gasteiger partial charge in [0.05, 0.1) is 11.5 Å². The van der Waals surface area contributed by atoms with Gasteiger partial charge < -0.3 is 20.1 Å². The number of carbonyl (C=O) groups is 3. The number of H-pyrrole nitrogens is 1. The summed E-state index contributed by atoms with van der Waals surface area (Å²) in [6.45, 7) is 2.55. The van der Waals surface area contributed by atoms with Gasteiger partial charge in [-0.05, 0) is 43.9 Å². The van der Waals surface area contributed by atoms with Gasteiger partial charge in [0.2, 0.25) is 5.91 Å². The molecule has 1 aromatic carbocycles. The molecule has 152 valence electrons. The van der Waals surface area contributed by atoms with E-state index in [0.29, 0.717) is 24.3 Å². The van der Waals surface area contributed by atoms with Crippen molar-refractivity contribution in [1.29, 1.82) is 0 Å². The molecule has 2 aromatic rings. The smallest absolute Gasteiger partial charge is 0.270 e. The van der Waals surface area contributed by atoms with Crippen molar-refractivity contribution < 1.29 is 14.4 Å². The van der Waals surface area contributed by atoms with Crippen molar-refractivity contribution in [3.8, 4) is 0 Å². The molecule has 0 saturated carbocycles. The SMILES string of the molecule is O=C(Nc1ccccc1)[C@H]1CCCN(C(=O)c2c[nH]c(C(=O)N3CCCC3)c2)C1. The number of hydrogen-bond acceptors (Lipinski definition) is 3. The summed E-state index contributed by atoms with van der Waals surface area (Å²) in [5.41, 5.74) is 1.68. The summed E-state index contributed by atoms with van der Waals surface area (Å²) in [4.78, 5) is 44.5. The Morgan fingerprint density at radius 2 is 1.66 bits per heavy atom. The molecule has 0 radical (unpaired) electrons. The molecule has 3 amide bonds. The molecule has 7 nitrogen and oxygen atoms in total. The Kier molecular flexibility index (Phi) is 5.64. The lowest BCUT2D eigenvalue weighted by Crippen LogP contribution is -2.43. The maximum atomic E-state index is 12.9. The molecule has 2 fully saturated rings. The van der Waals surface area contributed by atoms with E-state index in [9.17, 15) is 14.4 Å². The zero-order valence-corrected chi connectivity index (χ0v) is 16.4. The minimum absolute atomic E-state index is 0.0553. The van der Waals surface area contributed by atoms with Gasteiger partial charge in [0.1, 0.15) is 5.69 Å². The number of aromatic amines is 1. The molecule has 0 unspecified atom stereocenters. The largest absolute Gasteiger partial charge is 0.356 e. The second kappa shape index (κ2) is 8.51. The number of piperidine rings is 1. The summed E-state index contributed by atoms with van der Waals surface area (Å²) in [6, 6.07) is 11.0. The Bertz CT molecular complexity index is 886. The molecule has 2 aliphatic heterocycles. The fourth-order valence-electron chi connectivity index (χ4n) is 4.06. The monoisotopic (exact) mass is 394 g/mol. The lowest BCUT2D eigenvalue weighted by Gasteiger charge is -2.31. The van der Waals surface area contributed by atoms with Crippen LogP contribution in [0.3, 0.4) is 0 Å². The lowest BCUT2D eigenvalue weighted by atomic mass is 9.96. The van der Waals surface area contributed by atoms with Crippen LogP contribution in [0.4, 0.5) is 5.69 Å². The zero-order chi connectivity index (χ0) is 20.2. The van der Waals surface area contributed by atoms with Gasteiger partial charge in [0.15, 0.2) is 0 Å². The first-order valence-electron chi connectivity index (χ1n) is 10.2. The molecule has 3 heterocycles. The predicted octanol–water partition coefficient (Wildman–Crippen LogP) is 2.74. The van der Waals surface area contributed by atoms with Gasteiger partial charge in [-0.2, -0.15) is 0 Å². The van der Waals surface area contributed by atoms with E-state index < -0.39 is 0 Å². The third-order valence-corrected chi connectivity index (χ3v) is 5.67. The van der Waals surface area contributed by atoms with Crippen LogP contribution < -0.4 is 5.32 Å². The first-order chi connectivity index (χ1) is 14.1. The summed E-state index contributed by atoms with van der Waals surface area (Å²) in [5.74, 6) is -0.496. The highest BCUT2D eigenvalue weighted by Crippen LogP contribution is 2.21. The second-order valence-corrected chi connectivity index (χ2v) is 7.75. The Labute approximate surface area is 170 Å². The zero-order valence-electron chi connectivity index (χ0n) is 16.4. The fraction of sp³-hybridized carbons (Fsp3) is 0.409. The van der Waals surface area contributed by atoms with Crippen LogP contribution in [0.1, 0.15) is 46.5 Å². The van der Waals surface area contributed by atoms with Crippen LogP contribution in [0, 0.1) is 5.92 Å². The standard InChI is InChI=1S/C22H26N4O3/c27-20(24-18-8-2-1-3-9-18)16-7-6-12-26(15-16)21(28)17-13-19(23-14-17)22(29)25-10-4-5-11-25/h1-3,8-9,13-14,16,23H,4-7,10-12,15H2,(H,24,27)/t16-/m0/s1. The number of benzene rings is 1. The summed E-state index contributed by atoms with van der Waals surface area (Å²) >= 11 is 0. The number of amides is 3. The van der Waals surface area contributed by atoms with E-state index in [1.54, 1.807) is 17.2 Å². The second-order valence-electron chi connectivity index (χ2n) is 7.75. The van der Waals surface area contributed by atoms with Crippen LogP contribution in [0.5, 0.6) is 0 Å². The third kappa shape index (κ3) is 4.34. The minimum Gasteiger partial charge on any atom is -0.356 e. The Hall–Kier alpha value is -3.09. The van der Waals surface area contributed by atoms with Crippen molar-refractivity contribution >= 4 is 23.4 Å². The van der Waals surface area contributed by atoms with Gasteiger partial charge in [0, 0.05) is 38.1 Å². The van der Waals surface area contributed by atoms with Crippen molar-refractivity contribution in [2.24, 2.45) is 5.92 Å². The molecule has 0 spiro atoms. The van der Waals surface area contributed by atoms with E-state index in [1.807, 2.05) is 35.2 Å². The molecule has 0 aliphatic carbocycles. The highest BCUT2D eigenvalue weighted by Gasteiger charge is 2.30. The topological polar surface area (TPSA) is 85.5 Å². The summed E-state index contributed by atoms with van der Waals surface area (Å²) in [7, 11) is 0. The van der Waals surface area contributed by atoms with Gasteiger partial charge in [-0.25, -0.2) is 0 Å². The van der Waals surface area contributed by atoms with Crippen molar-refractivity contribution in [2.75, 3.05) is 31.5 Å². The Morgan fingerprint density at radius 3 is 2.41 bits per heavy atom. The molecule has 1 atom stereocenters. The molecule has 4 rings (SSSR count). The Morgan fingerprint density at radius 1 is 0.931 bits per heavy atom. The van der Waals surface area contributed by atoms with Crippen LogP contribution in [0.15, 0.2) is 42.6 Å². The minimum atomic E-state index is -0.238. The summed E-state index contributed by atoms with van der Waals surface area (Å²) in [6.07, 6.45) is 5.19. The van der Waals surface area contributed by atoms with E-state index in [0.717, 1.165) is 44.5 Å². The lowest BCUT2D eigenvalue weighted by molar-refractivity contribution is -0.121. The predicted molar refractivity (Wildman–Crippen MR) is 110 cm³/mol. The molecule has 2 saturated heterocycles. The Balaban J connectivity index is 1.38. The number of nitrogens with zero attached hydrogens (tertiary/aromatic N) is 2. The number of rotatable bonds is 4. The number of carbonyl (C=O) groups excluding carboxylic acids is 3. The number of anilines is 1. The van der Waals surface area contributed by atoms with Crippen LogP contribution in [-0.4, -0.2) is 58.7 Å². The summed E-state index contributed by atoms with van der Waals surface area (Å²) < 4.78 is 0. The average molecular weight is 394 g/mol. The van der Waals surface area contributed by atoms with Gasteiger partial charge in [0.25, 0.3) is 11.8 Å².